The van der Waals surface area contributed by atoms with Crippen molar-refractivity contribution in [1.29, 1.82) is 0 Å². The van der Waals surface area contributed by atoms with E-state index < -0.39 is 0 Å². The van der Waals surface area contributed by atoms with E-state index >= 15 is 0 Å². The molecule has 1 aromatic carbocycles. The van der Waals surface area contributed by atoms with Crippen molar-refractivity contribution in [3.05, 3.63) is 70.1 Å². The highest BCUT2D eigenvalue weighted by Gasteiger charge is 2.22. The first kappa shape index (κ1) is 29.4. The number of nitrogens with zero attached hydrogens (tertiary/aromatic N) is 3. The van der Waals surface area contributed by atoms with Crippen LogP contribution in [0.5, 0.6) is 5.88 Å². The molecule has 2 saturated heterocycles. The maximum Gasteiger partial charge on any atom is 0.220 e. The van der Waals surface area contributed by atoms with Crippen LogP contribution in [-0.4, -0.2) is 58.5 Å². The second kappa shape index (κ2) is 12.9. The predicted octanol–water partition coefficient (Wildman–Crippen LogP) is 4.12. The molecule has 0 unspecified atom stereocenters. The Morgan fingerprint density at radius 2 is 1.63 bits per heavy atom. The van der Waals surface area contributed by atoms with Crippen LogP contribution in [0.3, 0.4) is 0 Å². The average molecular weight is 623 g/mol. The van der Waals surface area contributed by atoms with Crippen molar-refractivity contribution in [2.75, 3.05) is 20.2 Å². The number of aromatic nitrogens is 3. The molecule has 12 heteroatoms. The number of hydrogen-bond acceptors (Lipinski definition) is 7. The van der Waals surface area contributed by atoms with Crippen LogP contribution in [0.25, 0.3) is 28.0 Å². The summed E-state index contributed by atoms with van der Waals surface area (Å²) in [6.07, 6.45) is 4.72. The van der Waals surface area contributed by atoms with E-state index in [1.54, 1.807) is 7.11 Å². The molecule has 2 aliphatic heterocycles. The molecule has 43 heavy (non-hydrogen) atoms. The lowest BCUT2D eigenvalue weighted by Crippen LogP contribution is -2.35. The Labute approximate surface area is 259 Å². The lowest BCUT2D eigenvalue weighted by molar-refractivity contribution is -0.120. The zero-order valence-electron chi connectivity index (χ0n) is 23.8. The molecule has 224 valence electrons. The summed E-state index contributed by atoms with van der Waals surface area (Å²) in [7, 11) is 1.60. The van der Waals surface area contributed by atoms with E-state index in [1.165, 1.54) is 0 Å². The minimum Gasteiger partial charge on any atom is -0.481 e. The number of nitrogens with one attached hydrogen (secondary N) is 4. The zero-order chi connectivity index (χ0) is 29.9. The highest BCUT2D eigenvalue weighted by Crippen LogP contribution is 2.37. The number of hydrogen-bond donors (Lipinski definition) is 4. The van der Waals surface area contributed by atoms with Gasteiger partial charge in [-0.25, -0.2) is 9.97 Å². The molecule has 5 heterocycles. The summed E-state index contributed by atoms with van der Waals surface area (Å²) in [4.78, 5) is 32.4. The first-order chi connectivity index (χ1) is 20.9. The second-order valence-electron chi connectivity index (χ2n) is 10.9. The summed E-state index contributed by atoms with van der Waals surface area (Å²) in [5.41, 5.74) is 5.61. The second-order valence-corrected chi connectivity index (χ2v) is 11.6. The number of carbonyl (C=O) groups is 2. The Morgan fingerprint density at radius 1 is 0.930 bits per heavy atom. The largest absolute Gasteiger partial charge is 0.481 e. The summed E-state index contributed by atoms with van der Waals surface area (Å²) in [5.74, 6) is 0.723. The van der Waals surface area contributed by atoms with E-state index in [2.05, 4.69) is 21.3 Å². The van der Waals surface area contributed by atoms with Crippen LogP contribution < -0.4 is 26.0 Å². The molecule has 0 saturated carbocycles. The normalized spacial score (nSPS) is 18.3. The molecule has 0 radical (unpaired) electrons. The Hall–Kier alpha value is -3.70. The zero-order valence-corrected chi connectivity index (χ0v) is 25.3. The van der Waals surface area contributed by atoms with Gasteiger partial charge in [-0.2, -0.15) is 0 Å². The third-order valence-corrected chi connectivity index (χ3v) is 8.72. The average Bonchev–Trinajstić information content (AvgIpc) is 3.71. The minimum atomic E-state index is 0.0975. The number of rotatable bonds is 11. The van der Waals surface area contributed by atoms with Crippen LogP contribution in [-0.2, 0) is 22.7 Å². The Balaban J connectivity index is 1.18. The number of fused-ring (bicyclic) bond motifs is 1. The third kappa shape index (κ3) is 6.47. The predicted molar refractivity (Wildman–Crippen MR) is 166 cm³/mol. The van der Waals surface area contributed by atoms with Gasteiger partial charge in [-0.3, -0.25) is 14.0 Å². The molecule has 4 aromatic rings. The number of pyridine rings is 2. The number of halogens is 2. The number of imidazole rings is 1. The van der Waals surface area contributed by atoms with Gasteiger partial charge in [0, 0.05) is 74.0 Å². The van der Waals surface area contributed by atoms with Crippen molar-refractivity contribution in [1.82, 2.24) is 35.6 Å². The summed E-state index contributed by atoms with van der Waals surface area (Å²) < 4.78 is 7.46. The van der Waals surface area contributed by atoms with Crippen LogP contribution >= 0.6 is 23.2 Å². The number of ether oxygens (including phenoxy) is 1. The van der Waals surface area contributed by atoms with Crippen molar-refractivity contribution in [3.8, 4) is 28.3 Å². The molecule has 10 nitrogen and oxygen atoms in total. The molecule has 0 spiro atoms. The van der Waals surface area contributed by atoms with E-state index in [1.807, 2.05) is 53.1 Å². The number of methoxy groups -OCH3 is 1. The van der Waals surface area contributed by atoms with E-state index in [9.17, 15) is 9.59 Å². The van der Waals surface area contributed by atoms with E-state index in [-0.39, 0.29) is 23.9 Å². The summed E-state index contributed by atoms with van der Waals surface area (Å²) in [6, 6.07) is 14.0. The van der Waals surface area contributed by atoms with Crippen LogP contribution in [0.4, 0.5) is 0 Å². The maximum absolute atomic E-state index is 11.5. The van der Waals surface area contributed by atoms with Gasteiger partial charge in [-0.15, -0.1) is 0 Å². The number of amides is 2. The summed E-state index contributed by atoms with van der Waals surface area (Å²) in [5, 5.41) is 13.8. The quantitative estimate of drug-likeness (QED) is 0.199. The van der Waals surface area contributed by atoms with Gasteiger partial charge in [0.2, 0.25) is 17.7 Å². The van der Waals surface area contributed by atoms with Gasteiger partial charge < -0.3 is 26.0 Å². The fourth-order valence-electron chi connectivity index (χ4n) is 5.63. The molecule has 4 N–H and O–H groups in total. The van der Waals surface area contributed by atoms with Crippen molar-refractivity contribution < 1.29 is 14.3 Å². The molecule has 6 rings (SSSR count). The molecular weight excluding hydrogens is 589 g/mol. The first-order valence-corrected chi connectivity index (χ1v) is 15.1. The van der Waals surface area contributed by atoms with Gasteiger partial charge in [-0.05, 0) is 36.6 Å². The van der Waals surface area contributed by atoms with Gasteiger partial charge >= 0.3 is 0 Å². The highest BCUT2D eigenvalue weighted by atomic mass is 35.5. The Bertz CT molecular complexity index is 1670. The molecule has 2 fully saturated rings. The number of carbonyl (C=O) groups excluding carboxylic acids is 2. The minimum absolute atomic E-state index is 0.0975. The SMILES string of the molecule is COc1nc(-c2cccc(-c3ccn4c(Cl)c(CNC[C@@H]5CCC(=O)N5)nc4c3)c2Cl)ccc1CNC[C@@H]1CCC(=O)N1. The van der Waals surface area contributed by atoms with Gasteiger partial charge in [0.1, 0.15) is 10.8 Å². The fourth-order valence-corrected chi connectivity index (χ4v) is 6.22. The van der Waals surface area contributed by atoms with Gasteiger partial charge in [0.05, 0.1) is 23.5 Å². The van der Waals surface area contributed by atoms with Crippen molar-refractivity contribution in [3.63, 3.8) is 0 Å². The van der Waals surface area contributed by atoms with E-state index in [0.29, 0.717) is 66.4 Å². The molecule has 3 aromatic heterocycles. The Morgan fingerprint density at radius 3 is 2.30 bits per heavy atom. The maximum atomic E-state index is 11.5. The molecule has 2 aliphatic rings. The van der Waals surface area contributed by atoms with Crippen LogP contribution in [0, 0.1) is 0 Å². The molecule has 2 atom stereocenters. The third-order valence-electron chi connectivity index (χ3n) is 7.91. The van der Waals surface area contributed by atoms with Crippen LogP contribution in [0.2, 0.25) is 10.2 Å². The van der Waals surface area contributed by atoms with Crippen LogP contribution in [0.1, 0.15) is 36.9 Å². The summed E-state index contributed by atoms with van der Waals surface area (Å²) in [6.45, 7) is 2.42. The number of benzene rings is 1. The highest BCUT2D eigenvalue weighted by molar-refractivity contribution is 6.36. The van der Waals surface area contributed by atoms with Crippen molar-refractivity contribution in [2.45, 2.75) is 50.9 Å². The van der Waals surface area contributed by atoms with Gasteiger partial charge in [-0.1, -0.05) is 47.5 Å². The molecule has 0 aliphatic carbocycles. The van der Waals surface area contributed by atoms with Crippen LogP contribution in [0.15, 0.2) is 48.7 Å². The van der Waals surface area contributed by atoms with Gasteiger partial charge in [0.25, 0.3) is 0 Å². The molecule has 0 bridgehead atoms. The van der Waals surface area contributed by atoms with Crippen molar-refractivity contribution in [2.24, 2.45) is 0 Å². The standard InChI is InChI=1S/C31H33Cl2N7O3/c1-43-31-19(14-34-15-20-6-9-27(41)36-20)5-8-24(39-31)23-4-2-3-22(29(23)32)18-11-12-40-26(13-18)38-25(30(40)33)17-35-16-21-7-10-28(42)37-21/h2-5,8,11-13,20-21,34-35H,6-7,9-10,14-17H2,1H3,(H,36,41)(H,37,42)/t20-,21-/m0/s1. The molecule has 2 amide bonds. The first-order valence-electron chi connectivity index (χ1n) is 14.4. The lowest BCUT2D eigenvalue weighted by atomic mass is 10.0. The summed E-state index contributed by atoms with van der Waals surface area (Å²) >= 11 is 13.6. The lowest BCUT2D eigenvalue weighted by Gasteiger charge is -2.14. The monoisotopic (exact) mass is 621 g/mol. The smallest absolute Gasteiger partial charge is 0.220 e. The fraction of sp³-hybridized carbons (Fsp3) is 0.355. The Kier molecular flexibility index (Phi) is 8.80. The van der Waals surface area contributed by atoms with Gasteiger partial charge in [0.15, 0.2) is 0 Å². The molecular formula is C31H33Cl2N7O3. The topological polar surface area (TPSA) is 122 Å². The van der Waals surface area contributed by atoms with E-state index in [0.717, 1.165) is 40.8 Å². The van der Waals surface area contributed by atoms with E-state index in [4.69, 9.17) is 37.9 Å². The van der Waals surface area contributed by atoms with Crippen molar-refractivity contribution >= 4 is 40.7 Å².